The van der Waals surface area contributed by atoms with E-state index in [1.165, 1.54) is 0 Å². The largest absolute Gasteiger partial charge is 0.278 e. The SMILES string of the molecule is Clc1cccc(N/N=C/c2ccccc2Br)c1. The van der Waals surface area contributed by atoms with Gasteiger partial charge in [0.25, 0.3) is 0 Å². The molecule has 0 unspecified atom stereocenters. The number of rotatable bonds is 3. The van der Waals surface area contributed by atoms with Crippen LogP contribution in [0.15, 0.2) is 58.1 Å². The molecule has 86 valence electrons. The van der Waals surface area contributed by atoms with Gasteiger partial charge in [0.1, 0.15) is 0 Å². The molecule has 2 nitrogen and oxygen atoms in total. The predicted octanol–water partition coefficient (Wildman–Crippen LogP) is 4.55. The fourth-order valence-electron chi connectivity index (χ4n) is 1.31. The molecule has 0 aliphatic heterocycles. The van der Waals surface area contributed by atoms with Crippen molar-refractivity contribution in [1.82, 2.24) is 0 Å². The summed E-state index contributed by atoms with van der Waals surface area (Å²) in [5, 5.41) is 4.84. The number of nitrogens with one attached hydrogen (secondary N) is 1. The van der Waals surface area contributed by atoms with Crippen LogP contribution in [0.3, 0.4) is 0 Å². The molecule has 0 bridgehead atoms. The minimum atomic E-state index is 0.686. The van der Waals surface area contributed by atoms with E-state index < -0.39 is 0 Å². The smallest absolute Gasteiger partial charge is 0.0576 e. The van der Waals surface area contributed by atoms with E-state index >= 15 is 0 Å². The molecule has 0 saturated heterocycles. The number of hydrogen-bond donors (Lipinski definition) is 1. The van der Waals surface area contributed by atoms with Crippen LogP contribution in [0, 0.1) is 0 Å². The summed E-state index contributed by atoms with van der Waals surface area (Å²) in [4.78, 5) is 0. The Kier molecular flexibility index (Phi) is 4.18. The van der Waals surface area contributed by atoms with Crippen molar-refractivity contribution < 1.29 is 0 Å². The highest BCUT2D eigenvalue weighted by atomic mass is 79.9. The van der Waals surface area contributed by atoms with Crippen molar-refractivity contribution in [2.45, 2.75) is 0 Å². The molecule has 0 amide bonds. The quantitative estimate of drug-likeness (QED) is 0.653. The topological polar surface area (TPSA) is 24.4 Å². The second-order valence-corrected chi connectivity index (χ2v) is 4.69. The van der Waals surface area contributed by atoms with Gasteiger partial charge in [-0.1, -0.05) is 51.8 Å². The second kappa shape index (κ2) is 5.84. The second-order valence-electron chi connectivity index (χ2n) is 3.40. The highest BCUT2D eigenvalue weighted by Gasteiger charge is 1.94. The van der Waals surface area contributed by atoms with Gasteiger partial charge in [0.05, 0.1) is 11.9 Å². The Morgan fingerprint density at radius 1 is 1.12 bits per heavy atom. The minimum absolute atomic E-state index is 0.686. The fraction of sp³-hybridized carbons (Fsp3) is 0. The molecule has 0 aliphatic carbocycles. The maximum Gasteiger partial charge on any atom is 0.0576 e. The third kappa shape index (κ3) is 3.58. The van der Waals surface area contributed by atoms with Gasteiger partial charge in [-0.25, -0.2) is 0 Å². The molecule has 0 aliphatic rings. The Bertz CT molecular complexity index is 540. The van der Waals surface area contributed by atoms with Crippen molar-refractivity contribution >= 4 is 39.4 Å². The molecule has 2 aromatic carbocycles. The van der Waals surface area contributed by atoms with Crippen LogP contribution >= 0.6 is 27.5 Å². The Morgan fingerprint density at radius 2 is 1.94 bits per heavy atom. The van der Waals surface area contributed by atoms with Gasteiger partial charge in [-0.2, -0.15) is 5.10 Å². The Morgan fingerprint density at radius 3 is 2.71 bits per heavy atom. The molecule has 0 radical (unpaired) electrons. The normalized spacial score (nSPS) is 10.7. The average Bonchev–Trinajstić information content (AvgIpc) is 2.32. The molecule has 2 aromatic rings. The monoisotopic (exact) mass is 308 g/mol. The predicted molar refractivity (Wildman–Crippen MR) is 76.8 cm³/mol. The molecule has 4 heteroatoms. The third-order valence-corrected chi connectivity index (χ3v) is 3.08. The van der Waals surface area contributed by atoms with E-state index in [0.29, 0.717) is 5.02 Å². The molecule has 0 saturated carbocycles. The first-order valence-corrected chi connectivity index (χ1v) is 6.22. The zero-order chi connectivity index (χ0) is 12.1. The van der Waals surface area contributed by atoms with Crippen LogP contribution in [0.25, 0.3) is 0 Å². The maximum absolute atomic E-state index is 5.87. The van der Waals surface area contributed by atoms with Crippen molar-refractivity contribution in [1.29, 1.82) is 0 Å². The summed E-state index contributed by atoms with van der Waals surface area (Å²) in [5.41, 5.74) is 4.80. The summed E-state index contributed by atoms with van der Waals surface area (Å²) in [7, 11) is 0. The highest BCUT2D eigenvalue weighted by molar-refractivity contribution is 9.10. The lowest BCUT2D eigenvalue weighted by atomic mass is 10.2. The highest BCUT2D eigenvalue weighted by Crippen LogP contribution is 2.16. The first-order valence-electron chi connectivity index (χ1n) is 5.05. The van der Waals surface area contributed by atoms with Gasteiger partial charge in [-0.15, -0.1) is 0 Å². The Balaban J connectivity index is 2.06. The molecule has 0 atom stereocenters. The van der Waals surface area contributed by atoms with Crippen LogP contribution in [0.1, 0.15) is 5.56 Å². The molecule has 0 aromatic heterocycles. The van der Waals surface area contributed by atoms with Crippen LogP contribution in [-0.2, 0) is 0 Å². The van der Waals surface area contributed by atoms with Crippen molar-refractivity contribution in [3.8, 4) is 0 Å². The maximum atomic E-state index is 5.87. The molecular formula is C13H10BrClN2. The van der Waals surface area contributed by atoms with Gasteiger partial charge in [0.2, 0.25) is 0 Å². The van der Waals surface area contributed by atoms with Crippen LogP contribution in [0.4, 0.5) is 5.69 Å². The van der Waals surface area contributed by atoms with E-state index in [1.54, 1.807) is 6.21 Å². The van der Waals surface area contributed by atoms with E-state index in [2.05, 4.69) is 26.5 Å². The van der Waals surface area contributed by atoms with Gasteiger partial charge >= 0.3 is 0 Å². The Hall–Kier alpha value is -1.32. The molecule has 2 rings (SSSR count). The third-order valence-electron chi connectivity index (χ3n) is 2.13. The van der Waals surface area contributed by atoms with Crippen molar-refractivity contribution in [3.05, 3.63) is 63.6 Å². The number of anilines is 1. The van der Waals surface area contributed by atoms with E-state index in [1.807, 2.05) is 48.5 Å². The van der Waals surface area contributed by atoms with Crippen LogP contribution in [0.5, 0.6) is 0 Å². The zero-order valence-electron chi connectivity index (χ0n) is 8.90. The summed E-state index contributed by atoms with van der Waals surface area (Å²) in [6, 6.07) is 15.3. The van der Waals surface area contributed by atoms with E-state index in [4.69, 9.17) is 11.6 Å². The summed E-state index contributed by atoms with van der Waals surface area (Å²) in [6.07, 6.45) is 1.75. The first kappa shape index (κ1) is 12.1. The van der Waals surface area contributed by atoms with Gasteiger partial charge in [-0.3, -0.25) is 5.43 Å². The number of benzene rings is 2. The van der Waals surface area contributed by atoms with Crippen LogP contribution < -0.4 is 5.43 Å². The summed E-state index contributed by atoms with van der Waals surface area (Å²) >= 11 is 9.32. The lowest BCUT2D eigenvalue weighted by molar-refractivity contribution is 1.35. The number of hydrogen-bond acceptors (Lipinski definition) is 2. The number of nitrogens with zero attached hydrogens (tertiary/aromatic N) is 1. The summed E-state index contributed by atoms with van der Waals surface area (Å²) in [6.45, 7) is 0. The van der Waals surface area contributed by atoms with Gasteiger partial charge in [-0.05, 0) is 24.3 Å². The lowest BCUT2D eigenvalue weighted by Crippen LogP contribution is -1.90. The molecule has 0 heterocycles. The van der Waals surface area contributed by atoms with Gasteiger partial charge < -0.3 is 0 Å². The minimum Gasteiger partial charge on any atom is -0.278 e. The number of hydrazone groups is 1. The summed E-state index contributed by atoms with van der Waals surface area (Å²) in [5.74, 6) is 0. The standard InChI is InChI=1S/C13H10BrClN2/c14-13-7-2-1-4-10(13)9-16-17-12-6-3-5-11(15)8-12/h1-9,17H/b16-9+. The van der Waals surface area contributed by atoms with Gasteiger partial charge in [0, 0.05) is 15.1 Å². The molecule has 0 fully saturated rings. The fourth-order valence-corrected chi connectivity index (χ4v) is 1.89. The number of halogens is 2. The zero-order valence-corrected chi connectivity index (χ0v) is 11.2. The lowest BCUT2D eigenvalue weighted by Gasteiger charge is -2.00. The van der Waals surface area contributed by atoms with Gasteiger partial charge in [0.15, 0.2) is 0 Å². The van der Waals surface area contributed by atoms with Crippen molar-refractivity contribution in [2.24, 2.45) is 5.10 Å². The van der Waals surface area contributed by atoms with Crippen molar-refractivity contribution in [2.75, 3.05) is 5.43 Å². The van der Waals surface area contributed by atoms with E-state index in [0.717, 1.165) is 15.7 Å². The Labute approximate surface area is 113 Å². The first-order chi connectivity index (χ1) is 8.25. The van der Waals surface area contributed by atoms with E-state index in [9.17, 15) is 0 Å². The molecule has 1 N–H and O–H groups in total. The molecular weight excluding hydrogens is 300 g/mol. The molecule has 0 spiro atoms. The average molecular weight is 310 g/mol. The van der Waals surface area contributed by atoms with E-state index in [-0.39, 0.29) is 0 Å². The van der Waals surface area contributed by atoms with Crippen LogP contribution in [-0.4, -0.2) is 6.21 Å². The molecule has 17 heavy (non-hydrogen) atoms. The van der Waals surface area contributed by atoms with Crippen LogP contribution in [0.2, 0.25) is 5.02 Å². The van der Waals surface area contributed by atoms with Crippen molar-refractivity contribution in [3.63, 3.8) is 0 Å². The summed E-state index contributed by atoms with van der Waals surface area (Å²) < 4.78 is 1.01.